The van der Waals surface area contributed by atoms with Crippen LogP contribution in [0.15, 0.2) is 48.5 Å². The maximum Gasteiger partial charge on any atom is 0.244 e. The number of carbonyl (C=O) groups is 1. The largest absolute Gasteiger partial charge is 0.379 e. The van der Waals surface area contributed by atoms with Gasteiger partial charge in [-0.15, -0.1) is 11.3 Å². The average Bonchev–Trinajstić information content (AvgIpc) is 3.16. The fourth-order valence-corrected chi connectivity index (χ4v) is 3.97. The molecular weight excluding hydrogens is 344 g/mol. The number of rotatable bonds is 6. The average molecular weight is 371 g/mol. The monoisotopic (exact) mass is 370 g/mol. The molecule has 1 aromatic heterocycles. The molecular formula is C21H26N2O2S. The lowest BCUT2D eigenvalue weighted by molar-refractivity contribution is -0.117. The lowest BCUT2D eigenvalue weighted by Gasteiger charge is -2.35. The van der Waals surface area contributed by atoms with Gasteiger partial charge in [0, 0.05) is 41.0 Å². The van der Waals surface area contributed by atoms with Gasteiger partial charge in [-0.1, -0.05) is 30.3 Å². The van der Waals surface area contributed by atoms with Crippen LogP contribution in [-0.4, -0.2) is 49.2 Å². The van der Waals surface area contributed by atoms with Crippen LogP contribution in [0.1, 0.15) is 18.7 Å². The highest BCUT2D eigenvalue weighted by Crippen LogP contribution is 2.28. The van der Waals surface area contributed by atoms with Gasteiger partial charge in [-0.05, 0) is 37.6 Å². The third-order valence-corrected chi connectivity index (χ3v) is 5.90. The Bertz CT molecular complexity index is 735. The molecule has 2 unspecified atom stereocenters. The van der Waals surface area contributed by atoms with E-state index in [2.05, 4.69) is 48.3 Å². The number of nitrogens with zero attached hydrogens (tertiary/aromatic N) is 1. The molecule has 2 atom stereocenters. The quantitative estimate of drug-likeness (QED) is 0.789. The first kappa shape index (κ1) is 18.8. The summed E-state index contributed by atoms with van der Waals surface area (Å²) >= 11 is 1.69. The summed E-state index contributed by atoms with van der Waals surface area (Å²) in [6, 6.07) is 14.8. The van der Waals surface area contributed by atoms with Crippen LogP contribution in [0.4, 0.5) is 0 Å². The molecule has 1 saturated heterocycles. The zero-order chi connectivity index (χ0) is 18.4. The fraction of sp³-hybridized carbons (Fsp3) is 0.381. The second-order valence-corrected chi connectivity index (χ2v) is 7.70. The van der Waals surface area contributed by atoms with Gasteiger partial charge in [-0.2, -0.15) is 0 Å². The molecule has 2 aromatic rings. The third-order valence-electron chi connectivity index (χ3n) is 4.80. The predicted octanol–water partition coefficient (Wildman–Crippen LogP) is 3.65. The number of ether oxygens (including phenoxy) is 1. The summed E-state index contributed by atoms with van der Waals surface area (Å²) < 4.78 is 5.39. The first-order valence-electron chi connectivity index (χ1n) is 9.09. The topological polar surface area (TPSA) is 41.6 Å². The second-order valence-electron chi connectivity index (χ2n) is 6.59. The lowest BCUT2D eigenvalue weighted by Crippen LogP contribution is -2.51. The molecule has 1 aliphatic heterocycles. The van der Waals surface area contributed by atoms with Gasteiger partial charge in [0.05, 0.1) is 13.2 Å². The minimum absolute atomic E-state index is 0.0488. The maximum atomic E-state index is 12.3. The van der Waals surface area contributed by atoms with Crippen LogP contribution in [0.25, 0.3) is 16.5 Å². The molecule has 26 heavy (non-hydrogen) atoms. The lowest BCUT2D eigenvalue weighted by atomic mass is 10.1. The van der Waals surface area contributed by atoms with Crippen molar-refractivity contribution in [3.8, 4) is 10.4 Å². The second kappa shape index (κ2) is 9.12. The first-order chi connectivity index (χ1) is 12.6. The highest BCUT2D eigenvalue weighted by molar-refractivity contribution is 7.16. The van der Waals surface area contributed by atoms with Crippen LogP contribution in [0.5, 0.6) is 0 Å². The summed E-state index contributed by atoms with van der Waals surface area (Å²) in [5.74, 6) is -0.0488. The standard InChI is InChI=1S/C21H26N2O2S/c1-16(17(2)23-12-14-25-15-13-23)22-21(24)11-9-19-8-10-20(26-19)18-6-4-3-5-7-18/h3-11,16-17H,12-15H2,1-2H3,(H,22,24)/b11-9+. The molecule has 0 bridgehead atoms. The number of carbonyl (C=O) groups excluding carboxylic acids is 1. The Morgan fingerprint density at radius 2 is 1.88 bits per heavy atom. The van der Waals surface area contributed by atoms with E-state index in [1.807, 2.05) is 24.3 Å². The Hall–Kier alpha value is -1.95. The van der Waals surface area contributed by atoms with Crippen LogP contribution in [0.2, 0.25) is 0 Å². The zero-order valence-corrected chi connectivity index (χ0v) is 16.2. The summed E-state index contributed by atoms with van der Waals surface area (Å²) in [4.78, 5) is 16.9. The van der Waals surface area contributed by atoms with Gasteiger partial charge < -0.3 is 10.1 Å². The normalized spacial score (nSPS) is 17.9. The highest BCUT2D eigenvalue weighted by Gasteiger charge is 2.22. The smallest absolute Gasteiger partial charge is 0.244 e. The van der Waals surface area contributed by atoms with Gasteiger partial charge in [0.1, 0.15) is 0 Å². The third kappa shape index (κ3) is 5.04. The van der Waals surface area contributed by atoms with E-state index in [4.69, 9.17) is 4.74 Å². The number of nitrogens with one attached hydrogen (secondary N) is 1. The molecule has 1 N–H and O–H groups in total. The van der Waals surface area contributed by atoms with Crippen molar-refractivity contribution < 1.29 is 9.53 Å². The number of hydrogen-bond acceptors (Lipinski definition) is 4. The van der Waals surface area contributed by atoms with Crippen molar-refractivity contribution in [3.63, 3.8) is 0 Å². The zero-order valence-electron chi connectivity index (χ0n) is 15.4. The van der Waals surface area contributed by atoms with Crippen molar-refractivity contribution in [2.75, 3.05) is 26.3 Å². The Morgan fingerprint density at radius 1 is 1.15 bits per heavy atom. The number of hydrogen-bond donors (Lipinski definition) is 1. The molecule has 0 saturated carbocycles. The van der Waals surface area contributed by atoms with E-state index in [0.717, 1.165) is 31.2 Å². The van der Waals surface area contributed by atoms with Crippen LogP contribution >= 0.6 is 11.3 Å². The van der Waals surface area contributed by atoms with Crippen LogP contribution in [-0.2, 0) is 9.53 Å². The molecule has 138 valence electrons. The maximum absolute atomic E-state index is 12.3. The number of benzene rings is 1. The van der Waals surface area contributed by atoms with Crippen molar-refractivity contribution in [1.82, 2.24) is 10.2 Å². The summed E-state index contributed by atoms with van der Waals surface area (Å²) in [5, 5.41) is 3.08. The molecule has 4 nitrogen and oxygen atoms in total. The van der Waals surface area contributed by atoms with Crippen molar-refractivity contribution in [3.05, 3.63) is 53.4 Å². The van der Waals surface area contributed by atoms with E-state index in [1.165, 1.54) is 10.4 Å². The van der Waals surface area contributed by atoms with Gasteiger partial charge in [0.15, 0.2) is 0 Å². The number of amides is 1. The summed E-state index contributed by atoms with van der Waals surface area (Å²) in [6.45, 7) is 7.61. The van der Waals surface area contributed by atoms with Crippen molar-refractivity contribution in [1.29, 1.82) is 0 Å². The Labute approximate surface area is 159 Å². The van der Waals surface area contributed by atoms with E-state index in [1.54, 1.807) is 17.4 Å². The Morgan fingerprint density at radius 3 is 2.62 bits per heavy atom. The van der Waals surface area contributed by atoms with Gasteiger partial charge in [0.25, 0.3) is 0 Å². The van der Waals surface area contributed by atoms with Gasteiger partial charge in [0.2, 0.25) is 5.91 Å². The van der Waals surface area contributed by atoms with Gasteiger partial charge in [-0.3, -0.25) is 9.69 Å². The van der Waals surface area contributed by atoms with E-state index < -0.39 is 0 Å². The Kier molecular flexibility index (Phi) is 6.61. The molecule has 0 spiro atoms. The molecule has 1 aliphatic rings. The fourth-order valence-electron chi connectivity index (χ4n) is 3.05. The summed E-state index contributed by atoms with van der Waals surface area (Å²) in [7, 11) is 0. The first-order valence-corrected chi connectivity index (χ1v) is 9.91. The summed E-state index contributed by atoms with van der Waals surface area (Å²) in [5.41, 5.74) is 1.20. The van der Waals surface area contributed by atoms with Crippen LogP contribution in [0.3, 0.4) is 0 Å². The van der Waals surface area contributed by atoms with E-state index in [-0.39, 0.29) is 11.9 Å². The van der Waals surface area contributed by atoms with Crippen molar-refractivity contribution in [2.24, 2.45) is 0 Å². The molecule has 1 aromatic carbocycles. The van der Waals surface area contributed by atoms with Crippen molar-refractivity contribution in [2.45, 2.75) is 25.9 Å². The van der Waals surface area contributed by atoms with E-state index in [9.17, 15) is 4.79 Å². The molecule has 2 heterocycles. The van der Waals surface area contributed by atoms with E-state index >= 15 is 0 Å². The van der Waals surface area contributed by atoms with E-state index in [0.29, 0.717) is 6.04 Å². The minimum Gasteiger partial charge on any atom is -0.379 e. The Balaban J connectivity index is 1.53. The minimum atomic E-state index is -0.0488. The number of thiophene rings is 1. The molecule has 0 radical (unpaired) electrons. The molecule has 0 aliphatic carbocycles. The van der Waals surface area contributed by atoms with Crippen molar-refractivity contribution >= 4 is 23.3 Å². The molecule has 5 heteroatoms. The summed E-state index contributed by atoms with van der Waals surface area (Å²) in [6.07, 6.45) is 3.52. The molecule has 3 rings (SSSR count). The molecule has 1 fully saturated rings. The van der Waals surface area contributed by atoms with Gasteiger partial charge >= 0.3 is 0 Å². The van der Waals surface area contributed by atoms with Crippen LogP contribution < -0.4 is 5.32 Å². The number of morpholine rings is 1. The molecule has 1 amide bonds. The predicted molar refractivity (Wildman–Crippen MR) is 108 cm³/mol. The highest BCUT2D eigenvalue weighted by atomic mass is 32.1. The van der Waals surface area contributed by atoms with Crippen LogP contribution in [0, 0.1) is 0 Å². The van der Waals surface area contributed by atoms with Gasteiger partial charge in [-0.25, -0.2) is 0 Å². The SMILES string of the molecule is CC(NC(=O)/C=C/c1ccc(-c2ccccc2)s1)C(C)N1CCOCC1.